The standard InChI is InChI=1S/C13H27NO2/c1-12(2)16-11-7-13-6-3-4-8-14(13)9-5-10-15/h12-13,15H,3-11H2,1-2H3. The molecule has 0 saturated carbocycles. The molecule has 1 aliphatic heterocycles. The molecule has 1 heterocycles. The molecule has 0 spiro atoms. The number of aliphatic hydroxyl groups excluding tert-OH is 1. The van der Waals surface area contributed by atoms with Gasteiger partial charge in [-0.3, -0.25) is 0 Å². The van der Waals surface area contributed by atoms with Crippen molar-refractivity contribution in [3.05, 3.63) is 0 Å². The summed E-state index contributed by atoms with van der Waals surface area (Å²) in [7, 11) is 0. The summed E-state index contributed by atoms with van der Waals surface area (Å²) >= 11 is 0. The van der Waals surface area contributed by atoms with Crippen molar-refractivity contribution in [3.63, 3.8) is 0 Å². The summed E-state index contributed by atoms with van der Waals surface area (Å²) in [6, 6.07) is 0.680. The molecule has 0 bridgehead atoms. The van der Waals surface area contributed by atoms with E-state index in [0.29, 0.717) is 18.8 Å². The molecule has 0 aliphatic carbocycles. The Kier molecular flexibility index (Phi) is 7.01. The van der Waals surface area contributed by atoms with Gasteiger partial charge in [0.25, 0.3) is 0 Å². The highest BCUT2D eigenvalue weighted by atomic mass is 16.5. The number of hydrogen-bond acceptors (Lipinski definition) is 3. The third kappa shape index (κ3) is 5.28. The maximum atomic E-state index is 8.88. The summed E-state index contributed by atoms with van der Waals surface area (Å²) in [6.07, 6.45) is 6.35. The number of nitrogens with zero attached hydrogens (tertiary/aromatic N) is 1. The van der Waals surface area contributed by atoms with Crippen molar-refractivity contribution in [2.45, 2.75) is 58.1 Å². The fourth-order valence-corrected chi connectivity index (χ4v) is 2.39. The van der Waals surface area contributed by atoms with Crippen LogP contribution in [0.5, 0.6) is 0 Å². The van der Waals surface area contributed by atoms with Crippen LogP contribution in [-0.4, -0.2) is 48.5 Å². The maximum absolute atomic E-state index is 8.88. The Labute approximate surface area is 99.8 Å². The normalized spacial score (nSPS) is 22.9. The van der Waals surface area contributed by atoms with Gasteiger partial charge in [0.05, 0.1) is 6.10 Å². The minimum absolute atomic E-state index is 0.311. The highest BCUT2D eigenvalue weighted by Crippen LogP contribution is 2.19. The summed E-state index contributed by atoms with van der Waals surface area (Å²) in [5.41, 5.74) is 0. The molecule has 0 amide bonds. The fraction of sp³-hybridized carbons (Fsp3) is 1.00. The molecule has 1 fully saturated rings. The van der Waals surface area contributed by atoms with Crippen molar-refractivity contribution < 1.29 is 9.84 Å². The van der Waals surface area contributed by atoms with Crippen LogP contribution in [0.3, 0.4) is 0 Å². The van der Waals surface area contributed by atoms with Gasteiger partial charge in [0.1, 0.15) is 0 Å². The zero-order valence-corrected chi connectivity index (χ0v) is 10.8. The highest BCUT2D eigenvalue weighted by molar-refractivity contribution is 4.76. The Bertz CT molecular complexity index is 173. The van der Waals surface area contributed by atoms with Crippen LogP contribution in [0.25, 0.3) is 0 Å². The van der Waals surface area contributed by atoms with E-state index < -0.39 is 0 Å². The SMILES string of the molecule is CC(C)OCCC1CCCCN1CCCO. The van der Waals surface area contributed by atoms with Gasteiger partial charge >= 0.3 is 0 Å². The molecule has 1 aliphatic rings. The Morgan fingerprint density at radius 2 is 2.19 bits per heavy atom. The van der Waals surface area contributed by atoms with E-state index >= 15 is 0 Å². The van der Waals surface area contributed by atoms with E-state index in [1.54, 1.807) is 0 Å². The molecule has 1 unspecified atom stereocenters. The number of rotatable bonds is 7. The van der Waals surface area contributed by atoms with E-state index in [9.17, 15) is 0 Å². The molecule has 1 saturated heterocycles. The Morgan fingerprint density at radius 3 is 2.88 bits per heavy atom. The molecule has 1 N–H and O–H groups in total. The molecule has 1 rings (SSSR count). The first-order valence-corrected chi connectivity index (χ1v) is 6.70. The fourth-order valence-electron chi connectivity index (χ4n) is 2.39. The van der Waals surface area contributed by atoms with E-state index in [1.165, 1.54) is 25.8 Å². The molecule has 0 aromatic carbocycles. The number of likely N-dealkylation sites (tertiary alicyclic amines) is 1. The van der Waals surface area contributed by atoms with E-state index in [-0.39, 0.29) is 0 Å². The van der Waals surface area contributed by atoms with Crippen LogP contribution in [0.2, 0.25) is 0 Å². The van der Waals surface area contributed by atoms with Crippen molar-refractivity contribution in [2.24, 2.45) is 0 Å². The van der Waals surface area contributed by atoms with Gasteiger partial charge in [-0.05, 0) is 46.1 Å². The van der Waals surface area contributed by atoms with Gasteiger partial charge in [0.15, 0.2) is 0 Å². The minimum atomic E-state index is 0.311. The quantitative estimate of drug-likeness (QED) is 0.725. The van der Waals surface area contributed by atoms with Crippen LogP contribution >= 0.6 is 0 Å². The van der Waals surface area contributed by atoms with E-state index in [2.05, 4.69) is 18.7 Å². The predicted molar refractivity (Wildman–Crippen MR) is 66.6 cm³/mol. The van der Waals surface area contributed by atoms with Crippen molar-refractivity contribution in [1.29, 1.82) is 0 Å². The monoisotopic (exact) mass is 229 g/mol. The van der Waals surface area contributed by atoms with Crippen LogP contribution in [0.15, 0.2) is 0 Å². The number of hydrogen-bond donors (Lipinski definition) is 1. The van der Waals surface area contributed by atoms with Gasteiger partial charge in [0.2, 0.25) is 0 Å². The lowest BCUT2D eigenvalue weighted by atomic mass is 9.99. The van der Waals surface area contributed by atoms with E-state index in [4.69, 9.17) is 9.84 Å². The maximum Gasteiger partial charge on any atom is 0.0518 e. The van der Waals surface area contributed by atoms with Crippen molar-refractivity contribution in [3.8, 4) is 0 Å². The molecular formula is C13H27NO2. The molecule has 3 nitrogen and oxygen atoms in total. The average Bonchev–Trinajstić information content (AvgIpc) is 2.27. The third-order valence-corrected chi connectivity index (χ3v) is 3.25. The van der Waals surface area contributed by atoms with Crippen LogP contribution in [0.4, 0.5) is 0 Å². The Morgan fingerprint density at radius 1 is 1.38 bits per heavy atom. The van der Waals surface area contributed by atoms with Gasteiger partial charge in [-0.2, -0.15) is 0 Å². The number of aliphatic hydroxyl groups is 1. The molecule has 0 aromatic heterocycles. The lowest BCUT2D eigenvalue weighted by Gasteiger charge is -2.35. The zero-order valence-electron chi connectivity index (χ0n) is 10.8. The van der Waals surface area contributed by atoms with Crippen molar-refractivity contribution in [1.82, 2.24) is 4.90 Å². The van der Waals surface area contributed by atoms with Gasteiger partial charge in [-0.1, -0.05) is 6.42 Å². The lowest BCUT2D eigenvalue weighted by Crippen LogP contribution is -2.41. The van der Waals surface area contributed by atoms with Crippen LogP contribution < -0.4 is 0 Å². The van der Waals surface area contributed by atoms with E-state index in [0.717, 1.165) is 26.0 Å². The summed E-state index contributed by atoms with van der Waals surface area (Å²) in [5, 5.41) is 8.88. The minimum Gasteiger partial charge on any atom is -0.396 e. The molecule has 3 heteroatoms. The molecule has 96 valence electrons. The van der Waals surface area contributed by atoms with Gasteiger partial charge < -0.3 is 14.7 Å². The molecule has 0 radical (unpaired) electrons. The van der Waals surface area contributed by atoms with Crippen LogP contribution in [0, 0.1) is 0 Å². The summed E-state index contributed by atoms with van der Waals surface area (Å²) in [4.78, 5) is 2.53. The smallest absolute Gasteiger partial charge is 0.0518 e. The predicted octanol–water partition coefficient (Wildman–Crippen LogP) is 2.04. The van der Waals surface area contributed by atoms with E-state index in [1.807, 2.05) is 0 Å². The number of piperidine rings is 1. The van der Waals surface area contributed by atoms with Gasteiger partial charge in [0, 0.05) is 25.8 Å². The lowest BCUT2D eigenvalue weighted by molar-refractivity contribution is 0.0463. The third-order valence-electron chi connectivity index (χ3n) is 3.25. The first kappa shape index (κ1) is 13.9. The second-order valence-corrected chi connectivity index (χ2v) is 4.97. The molecule has 0 aromatic rings. The molecule has 1 atom stereocenters. The highest BCUT2D eigenvalue weighted by Gasteiger charge is 2.21. The topological polar surface area (TPSA) is 32.7 Å². The Hall–Kier alpha value is -0.120. The van der Waals surface area contributed by atoms with Crippen LogP contribution in [-0.2, 0) is 4.74 Å². The second-order valence-electron chi connectivity index (χ2n) is 4.97. The number of ether oxygens (including phenoxy) is 1. The van der Waals surface area contributed by atoms with Gasteiger partial charge in [-0.15, -0.1) is 0 Å². The zero-order chi connectivity index (χ0) is 11.8. The summed E-state index contributed by atoms with van der Waals surface area (Å²) < 4.78 is 5.62. The molecular weight excluding hydrogens is 202 g/mol. The summed E-state index contributed by atoms with van der Waals surface area (Å²) in [6.45, 7) is 7.60. The second kappa shape index (κ2) is 8.04. The van der Waals surface area contributed by atoms with Gasteiger partial charge in [-0.25, -0.2) is 0 Å². The van der Waals surface area contributed by atoms with Crippen molar-refractivity contribution in [2.75, 3.05) is 26.3 Å². The average molecular weight is 229 g/mol. The van der Waals surface area contributed by atoms with Crippen LogP contribution in [0.1, 0.15) is 46.0 Å². The largest absolute Gasteiger partial charge is 0.396 e. The summed E-state index contributed by atoms with van der Waals surface area (Å²) in [5.74, 6) is 0. The Balaban J connectivity index is 2.23. The molecule has 16 heavy (non-hydrogen) atoms. The first-order valence-electron chi connectivity index (χ1n) is 6.70. The first-order chi connectivity index (χ1) is 7.74. The van der Waals surface area contributed by atoms with Crippen molar-refractivity contribution >= 4 is 0 Å².